The molecule has 0 aliphatic heterocycles. The molecule has 2 heteroatoms. The van der Waals surface area contributed by atoms with E-state index in [1.54, 1.807) is 0 Å². The first-order valence-electron chi connectivity index (χ1n) is 3.73. The maximum atomic E-state index is 9.64. The minimum atomic E-state index is -0.710. The summed E-state index contributed by atoms with van der Waals surface area (Å²) in [5.74, 6) is 0.323. The van der Waals surface area contributed by atoms with Gasteiger partial charge >= 0.3 is 0 Å². The molecule has 1 N–H and O–H groups in total. The molecule has 1 rings (SSSR count). The van der Waals surface area contributed by atoms with Gasteiger partial charge in [-0.1, -0.05) is 12.2 Å². The SMILES string of the molecule is OC1(CCl)C=CCCCC1. The lowest BCUT2D eigenvalue weighted by molar-refractivity contribution is 0.105. The van der Waals surface area contributed by atoms with Crippen molar-refractivity contribution in [3.05, 3.63) is 12.2 Å². The number of aliphatic hydroxyl groups is 1. The van der Waals surface area contributed by atoms with Gasteiger partial charge in [0.25, 0.3) is 0 Å². The lowest BCUT2D eigenvalue weighted by atomic mass is 10.0. The highest BCUT2D eigenvalue weighted by Gasteiger charge is 2.22. The molecule has 0 saturated carbocycles. The number of allylic oxidation sites excluding steroid dienone is 1. The Balaban J connectivity index is 2.55. The molecule has 0 radical (unpaired) electrons. The van der Waals surface area contributed by atoms with Gasteiger partial charge in [0.1, 0.15) is 0 Å². The van der Waals surface area contributed by atoms with Crippen molar-refractivity contribution in [1.29, 1.82) is 0 Å². The first-order chi connectivity index (χ1) is 4.77. The van der Waals surface area contributed by atoms with Crippen LogP contribution in [0.5, 0.6) is 0 Å². The first-order valence-corrected chi connectivity index (χ1v) is 4.26. The van der Waals surface area contributed by atoms with Gasteiger partial charge < -0.3 is 5.11 Å². The smallest absolute Gasteiger partial charge is 0.0962 e. The molecule has 1 aliphatic rings. The Morgan fingerprint density at radius 2 is 2.30 bits per heavy atom. The standard InChI is InChI=1S/C8H13ClO/c9-7-8(10)5-3-1-2-4-6-8/h3,5,10H,1-2,4,6-7H2. The Hall–Kier alpha value is -0.0100. The fraction of sp³-hybridized carbons (Fsp3) is 0.750. The molecule has 58 valence electrons. The van der Waals surface area contributed by atoms with E-state index in [-0.39, 0.29) is 0 Å². The summed E-state index contributed by atoms with van der Waals surface area (Å²) in [6.07, 6.45) is 8.01. The molecular weight excluding hydrogens is 148 g/mol. The minimum absolute atomic E-state index is 0.323. The van der Waals surface area contributed by atoms with Crippen molar-refractivity contribution in [1.82, 2.24) is 0 Å². The van der Waals surface area contributed by atoms with Crippen LogP contribution in [-0.2, 0) is 0 Å². The molecule has 1 unspecified atom stereocenters. The van der Waals surface area contributed by atoms with Crippen molar-refractivity contribution in [2.75, 3.05) is 5.88 Å². The Morgan fingerprint density at radius 1 is 1.50 bits per heavy atom. The van der Waals surface area contributed by atoms with E-state index >= 15 is 0 Å². The third-order valence-corrected chi connectivity index (χ3v) is 2.35. The van der Waals surface area contributed by atoms with E-state index in [9.17, 15) is 5.11 Å². The van der Waals surface area contributed by atoms with Crippen LogP contribution in [0.1, 0.15) is 25.7 Å². The van der Waals surface area contributed by atoms with E-state index in [1.807, 2.05) is 12.2 Å². The predicted octanol–water partition coefficient (Wildman–Crippen LogP) is 2.09. The van der Waals surface area contributed by atoms with Crippen molar-refractivity contribution >= 4 is 11.6 Å². The maximum absolute atomic E-state index is 9.64. The summed E-state index contributed by atoms with van der Waals surface area (Å²) in [6.45, 7) is 0. The van der Waals surface area contributed by atoms with Gasteiger partial charge in [0.2, 0.25) is 0 Å². The largest absolute Gasteiger partial charge is 0.385 e. The zero-order valence-electron chi connectivity index (χ0n) is 6.02. The van der Waals surface area contributed by atoms with Gasteiger partial charge in [-0.3, -0.25) is 0 Å². The molecule has 0 fully saturated rings. The second-order valence-electron chi connectivity index (χ2n) is 2.89. The molecule has 0 saturated heterocycles. The van der Waals surface area contributed by atoms with Gasteiger partial charge in [-0.25, -0.2) is 0 Å². The molecule has 1 nitrogen and oxygen atoms in total. The van der Waals surface area contributed by atoms with E-state index in [0.29, 0.717) is 5.88 Å². The van der Waals surface area contributed by atoms with Crippen molar-refractivity contribution in [3.63, 3.8) is 0 Å². The molecule has 0 aromatic heterocycles. The maximum Gasteiger partial charge on any atom is 0.0962 e. The predicted molar refractivity (Wildman–Crippen MR) is 43.3 cm³/mol. The van der Waals surface area contributed by atoms with E-state index in [2.05, 4.69) is 0 Å². The Kier molecular flexibility index (Phi) is 2.75. The van der Waals surface area contributed by atoms with Crippen LogP contribution >= 0.6 is 11.6 Å². The molecule has 0 amide bonds. The van der Waals surface area contributed by atoms with Gasteiger partial charge in [0, 0.05) is 0 Å². The topological polar surface area (TPSA) is 20.2 Å². The van der Waals surface area contributed by atoms with Gasteiger partial charge in [-0.15, -0.1) is 11.6 Å². The van der Waals surface area contributed by atoms with Crippen molar-refractivity contribution in [2.45, 2.75) is 31.3 Å². The average Bonchev–Trinajstić information content (AvgIpc) is 2.15. The van der Waals surface area contributed by atoms with E-state index in [4.69, 9.17) is 11.6 Å². The summed E-state index contributed by atoms with van der Waals surface area (Å²) in [5, 5.41) is 9.64. The molecule has 0 bridgehead atoms. The van der Waals surface area contributed by atoms with Gasteiger partial charge in [-0.05, 0) is 25.7 Å². The zero-order valence-corrected chi connectivity index (χ0v) is 6.77. The number of halogens is 1. The van der Waals surface area contributed by atoms with Crippen LogP contribution in [0.4, 0.5) is 0 Å². The molecule has 1 aliphatic carbocycles. The Labute approximate surface area is 66.7 Å². The fourth-order valence-electron chi connectivity index (χ4n) is 1.19. The van der Waals surface area contributed by atoms with Crippen molar-refractivity contribution < 1.29 is 5.11 Å². The van der Waals surface area contributed by atoms with Crippen molar-refractivity contribution in [2.24, 2.45) is 0 Å². The van der Waals surface area contributed by atoms with Crippen LogP contribution in [0.25, 0.3) is 0 Å². The quantitative estimate of drug-likeness (QED) is 0.460. The second-order valence-corrected chi connectivity index (χ2v) is 3.15. The van der Waals surface area contributed by atoms with E-state index in [0.717, 1.165) is 19.3 Å². The Morgan fingerprint density at radius 3 is 3.00 bits per heavy atom. The van der Waals surface area contributed by atoms with Gasteiger partial charge in [0.05, 0.1) is 11.5 Å². The lowest BCUT2D eigenvalue weighted by Gasteiger charge is -2.19. The fourth-order valence-corrected chi connectivity index (χ4v) is 1.41. The Bertz CT molecular complexity index is 133. The highest BCUT2D eigenvalue weighted by atomic mass is 35.5. The molecular formula is C8H13ClO. The van der Waals surface area contributed by atoms with Crippen molar-refractivity contribution in [3.8, 4) is 0 Å². The van der Waals surface area contributed by atoms with Crippen LogP contribution in [-0.4, -0.2) is 16.6 Å². The summed E-state index contributed by atoms with van der Waals surface area (Å²) in [7, 11) is 0. The van der Waals surface area contributed by atoms with Crippen LogP contribution in [0, 0.1) is 0 Å². The molecule has 0 aromatic rings. The highest BCUT2D eigenvalue weighted by Crippen LogP contribution is 2.22. The van der Waals surface area contributed by atoms with E-state index < -0.39 is 5.60 Å². The summed E-state index contributed by atoms with van der Waals surface area (Å²) in [6, 6.07) is 0. The highest BCUT2D eigenvalue weighted by molar-refractivity contribution is 6.18. The normalized spacial score (nSPS) is 33.8. The number of hydrogen-bond acceptors (Lipinski definition) is 1. The summed E-state index contributed by atoms with van der Waals surface area (Å²) in [4.78, 5) is 0. The van der Waals surface area contributed by atoms with Crippen LogP contribution in [0.15, 0.2) is 12.2 Å². The molecule has 1 atom stereocenters. The molecule has 0 aromatic carbocycles. The number of rotatable bonds is 1. The third-order valence-electron chi connectivity index (χ3n) is 1.89. The second kappa shape index (κ2) is 3.40. The lowest BCUT2D eigenvalue weighted by Crippen LogP contribution is -2.27. The average molecular weight is 161 g/mol. The number of alkyl halides is 1. The number of hydrogen-bond donors (Lipinski definition) is 1. The van der Waals surface area contributed by atoms with Gasteiger partial charge in [-0.2, -0.15) is 0 Å². The van der Waals surface area contributed by atoms with Crippen LogP contribution < -0.4 is 0 Å². The first kappa shape index (κ1) is 8.09. The minimum Gasteiger partial charge on any atom is -0.385 e. The molecule has 10 heavy (non-hydrogen) atoms. The monoisotopic (exact) mass is 160 g/mol. The summed E-state index contributed by atoms with van der Waals surface area (Å²) < 4.78 is 0. The van der Waals surface area contributed by atoms with E-state index in [1.165, 1.54) is 6.42 Å². The molecule has 0 spiro atoms. The van der Waals surface area contributed by atoms with Gasteiger partial charge in [0.15, 0.2) is 0 Å². The summed E-state index contributed by atoms with van der Waals surface area (Å²) in [5.41, 5.74) is -0.710. The zero-order chi connectivity index (χ0) is 7.45. The summed E-state index contributed by atoms with van der Waals surface area (Å²) >= 11 is 5.59. The van der Waals surface area contributed by atoms with Crippen LogP contribution in [0.2, 0.25) is 0 Å². The third kappa shape index (κ3) is 1.99. The van der Waals surface area contributed by atoms with Crippen LogP contribution in [0.3, 0.4) is 0 Å². The molecule has 0 heterocycles.